The molecule has 0 radical (unpaired) electrons. The van der Waals surface area contributed by atoms with Gasteiger partial charge in [-0.2, -0.15) is 0 Å². The van der Waals surface area contributed by atoms with Gasteiger partial charge in [0.05, 0.1) is 5.56 Å². The Bertz CT molecular complexity index is 1300. The molecule has 34 heavy (non-hydrogen) atoms. The van der Waals surface area contributed by atoms with E-state index >= 15 is 0 Å². The van der Waals surface area contributed by atoms with Crippen LogP contribution in [0.3, 0.4) is 0 Å². The van der Waals surface area contributed by atoms with Gasteiger partial charge in [0, 0.05) is 36.3 Å². The van der Waals surface area contributed by atoms with Crippen molar-refractivity contribution in [1.29, 1.82) is 0 Å². The lowest BCUT2D eigenvalue weighted by molar-refractivity contribution is -0.147. The number of hydrogen-bond donors (Lipinski definition) is 5. The van der Waals surface area contributed by atoms with Crippen LogP contribution in [0.4, 0.5) is 0 Å². The van der Waals surface area contributed by atoms with Crippen molar-refractivity contribution >= 4 is 23.2 Å². The van der Waals surface area contributed by atoms with Gasteiger partial charge in [0.2, 0.25) is 5.78 Å². The molecule has 1 aromatic rings. The molecule has 8 nitrogen and oxygen atoms in total. The molecule has 3 unspecified atom stereocenters. The Balaban J connectivity index is 1.82. The molecule has 1 amide bonds. The van der Waals surface area contributed by atoms with Crippen LogP contribution in [0.15, 0.2) is 29.0 Å². The topological polar surface area (TPSA) is 158 Å². The maximum Gasteiger partial charge on any atom is 0.255 e. The molecular formula is C26H23NO7. The number of unbranched alkanes of at least 4 members (excludes halogenated alkanes) is 2. The van der Waals surface area contributed by atoms with Crippen molar-refractivity contribution in [1.82, 2.24) is 0 Å². The number of rotatable bonds is 3. The molecule has 0 heterocycles. The standard InChI is InChI=1S/C26H23NO7/c1-2-3-4-5-6-7-13-8-9-17(28)20-16(13)11-14-10-15-12-18(29)21(25(27)33)24(32)26(15,34)23(31)19(14)22(20)30/h1,8-9,14-15,28,30,32,34H,3-5,10-12H2,(H2,27,33). The number of hydrogen-bond acceptors (Lipinski definition) is 7. The van der Waals surface area contributed by atoms with Crippen molar-refractivity contribution < 1.29 is 34.8 Å². The first kappa shape index (κ1) is 23.2. The molecule has 3 aliphatic carbocycles. The van der Waals surface area contributed by atoms with Gasteiger partial charge in [-0.25, -0.2) is 0 Å². The van der Waals surface area contributed by atoms with E-state index in [2.05, 4.69) is 17.8 Å². The molecule has 8 heteroatoms. The number of phenols is 1. The zero-order valence-electron chi connectivity index (χ0n) is 18.2. The molecule has 174 valence electrons. The molecule has 0 spiro atoms. The molecule has 0 aliphatic heterocycles. The summed E-state index contributed by atoms with van der Waals surface area (Å²) in [6, 6.07) is 2.98. The average molecular weight is 461 g/mol. The highest BCUT2D eigenvalue weighted by molar-refractivity contribution is 6.22. The normalized spacial score (nSPS) is 25.5. The number of nitrogens with two attached hydrogens (primary N) is 1. The fourth-order valence-electron chi connectivity index (χ4n) is 5.18. The highest BCUT2D eigenvalue weighted by Crippen LogP contribution is 2.52. The van der Waals surface area contributed by atoms with Crippen LogP contribution in [0.5, 0.6) is 5.75 Å². The number of fused-ring (bicyclic) bond motifs is 3. The second kappa shape index (κ2) is 8.40. The van der Waals surface area contributed by atoms with Crippen molar-refractivity contribution in [3.63, 3.8) is 0 Å². The Labute approximate surface area is 195 Å². The van der Waals surface area contributed by atoms with Crippen molar-refractivity contribution in [2.45, 2.75) is 44.1 Å². The number of primary amides is 1. The maximum absolute atomic E-state index is 13.4. The second-order valence-corrected chi connectivity index (χ2v) is 8.75. The number of amides is 1. The highest BCUT2D eigenvalue weighted by atomic mass is 16.3. The van der Waals surface area contributed by atoms with Crippen LogP contribution >= 0.6 is 0 Å². The van der Waals surface area contributed by atoms with E-state index in [-0.39, 0.29) is 36.1 Å². The summed E-state index contributed by atoms with van der Waals surface area (Å²) >= 11 is 0. The Morgan fingerprint density at radius 2 is 1.91 bits per heavy atom. The molecule has 1 aromatic carbocycles. The molecule has 6 N–H and O–H groups in total. The summed E-state index contributed by atoms with van der Waals surface area (Å²) in [5, 5.41) is 43.3. The number of benzene rings is 1. The van der Waals surface area contributed by atoms with Gasteiger partial charge in [-0.15, -0.1) is 12.3 Å². The Kier molecular flexibility index (Phi) is 5.72. The van der Waals surface area contributed by atoms with E-state index in [1.807, 2.05) is 0 Å². The van der Waals surface area contributed by atoms with E-state index in [4.69, 9.17) is 12.2 Å². The van der Waals surface area contributed by atoms with Crippen LogP contribution in [0.2, 0.25) is 0 Å². The van der Waals surface area contributed by atoms with E-state index < -0.39 is 52.0 Å². The minimum absolute atomic E-state index is 0.0301. The number of carbonyl (C=O) groups is 3. The predicted molar refractivity (Wildman–Crippen MR) is 121 cm³/mol. The summed E-state index contributed by atoms with van der Waals surface area (Å²) in [5.74, 6) is 2.09. The van der Waals surface area contributed by atoms with E-state index in [0.717, 1.165) is 6.42 Å². The number of ketones is 2. The summed E-state index contributed by atoms with van der Waals surface area (Å²) in [5.41, 5.74) is 2.78. The number of carbonyl (C=O) groups excluding carboxylic acids is 3. The van der Waals surface area contributed by atoms with E-state index in [9.17, 15) is 34.8 Å². The van der Waals surface area contributed by atoms with Crippen LogP contribution in [0.25, 0.3) is 5.76 Å². The zero-order valence-corrected chi connectivity index (χ0v) is 18.2. The van der Waals surface area contributed by atoms with E-state index in [1.165, 1.54) is 6.07 Å². The summed E-state index contributed by atoms with van der Waals surface area (Å²) in [6.45, 7) is 0. The van der Waals surface area contributed by atoms with Crippen LogP contribution in [-0.4, -0.2) is 43.5 Å². The van der Waals surface area contributed by atoms with Crippen LogP contribution in [-0.2, 0) is 20.8 Å². The van der Waals surface area contributed by atoms with Gasteiger partial charge in [0.25, 0.3) is 5.91 Å². The van der Waals surface area contributed by atoms with E-state index in [0.29, 0.717) is 24.0 Å². The molecule has 0 aromatic heterocycles. The Hall–Kier alpha value is -4.01. The number of Topliss-reactive ketones (excluding diaryl/α,β-unsaturated/α-hetero) is 2. The highest BCUT2D eigenvalue weighted by Gasteiger charge is 2.60. The van der Waals surface area contributed by atoms with Gasteiger partial charge in [0.1, 0.15) is 22.8 Å². The predicted octanol–water partition coefficient (Wildman–Crippen LogP) is 1.58. The second-order valence-electron chi connectivity index (χ2n) is 8.75. The van der Waals surface area contributed by atoms with Crippen LogP contribution in [0.1, 0.15) is 48.8 Å². The third-order valence-corrected chi connectivity index (χ3v) is 6.79. The minimum Gasteiger partial charge on any atom is -0.508 e. The summed E-state index contributed by atoms with van der Waals surface area (Å²) < 4.78 is 0. The van der Waals surface area contributed by atoms with Crippen molar-refractivity contribution in [3.8, 4) is 29.9 Å². The number of phenolic OH excluding ortho intramolecular Hbond substituents is 1. The molecule has 0 bridgehead atoms. The van der Waals surface area contributed by atoms with Crippen LogP contribution in [0, 0.1) is 36.0 Å². The smallest absolute Gasteiger partial charge is 0.255 e. The van der Waals surface area contributed by atoms with Gasteiger partial charge in [-0.3, -0.25) is 14.4 Å². The molecule has 1 fully saturated rings. The molecule has 3 atom stereocenters. The Morgan fingerprint density at radius 3 is 2.59 bits per heavy atom. The third kappa shape index (κ3) is 3.35. The first-order valence-electron chi connectivity index (χ1n) is 10.9. The Morgan fingerprint density at radius 1 is 1.18 bits per heavy atom. The number of aliphatic hydroxyl groups is 3. The van der Waals surface area contributed by atoms with Crippen molar-refractivity contribution in [2.75, 3.05) is 0 Å². The number of aromatic hydroxyl groups is 1. The summed E-state index contributed by atoms with van der Waals surface area (Å²) in [4.78, 5) is 37.5. The summed E-state index contributed by atoms with van der Waals surface area (Å²) in [7, 11) is 0. The first-order valence-corrected chi connectivity index (χ1v) is 10.9. The average Bonchev–Trinajstić information content (AvgIpc) is 2.77. The van der Waals surface area contributed by atoms with Gasteiger partial charge in [-0.05, 0) is 42.9 Å². The van der Waals surface area contributed by atoms with Crippen molar-refractivity contribution in [3.05, 3.63) is 45.7 Å². The molecule has 1 saturated carbocycles. The minimum atomic E-state index is -2.57. The van der Waals surface area contributed by atoms with Gasteiger partial charge >= 0.3 is 0 Å². The monoisotopic (exact) mass is 461 g/mol. The lowest BCUT2D eigenvalue weighted by Gasteiger charge is -2.46. The van der Waals surface area contributed by atoms with Crippen molar-refractivity contribution in [2.24, 2.45) is 17.6 Å². The van der Waals surface area contributed by atoms with Gasteiger partial charge in [-0.1, -0.05) is 11.8 Å². The first-order chi connectivity index (χ1) is 16.1. The van der Waals surface area contributed by atoms with Gasteiger partial charge in [0.15, 0.2) is 11.4 Å². The molecule has 4 rings (SSSR count). The zero-order chi connectivity index (χ0) is 24.8. The van der Waals surface area contributed by atoms with Gasteiger partial charge < -0.3 is 26.2 Å². The number of aliphatic hydroxyl groups excluding tert-OH is 2. The lowest BCUT2D eigenvalue weighted by atomic mass is 9.59. The lowest BCUT2D eigenvalue weighted by Crippen LogP contribution is -2.58. The maximum atomic E-state index is 13.4. The number of terminal acetylenes is 1. The largest absolute Gasteiger partial charge is 0.508 e. The molecular weight excluding hydrogens is 438 g/mol. The summed E-state index contributed by atoms with van der Waals surface area (Å²) in [6.07, 6.45) is 7.09. The SMILES string of the molecule is C#CCCCC#Cc1ccc(O)c2c1CC1CC3CC(=O)C(C(N)=O)=C(O)C3(O)C(=O)C1=C2O. The third-order valence-electron chi connectivity index (χ3n) is 6.79. The van der Waals surface area contributed by atoms with Crippen LogP contribution < -0.4 is 5.73 Å². The fourth-order valence-corrected chi connectivity index (χ4v) is 5.18. The quantitative estimate of drug-likeness (QED) is 0.260. The molecule has 3 aliphatic rings. The van der Waals surface area contributed by atoms with E-state index in [1.54, 1.807) is 6.07 Å². The molecule has 0 saturated heterocycles. The fraction of sp³-hybridized carbons (Fsp3) is 0.346.